The van der Waals surface area contributed by atoms with Crippen molar-refractivity contribution < 1.29 is 19.4 Å². The first kappa shape index (κ1) is 16.4. The first-order valence-electron chi connectivity index (χ1n) is 7.66. The normalized spacial score (nSPS) is 13.6. The zero-order chi connectivity index (χ0) is 17.8. The molecule has 0 radical (unpaired) electrons. The molecule has 126 valence electrons. The predicted molar refractivity (Wildman–Crippen MR) is 93.5 cm³/mol. The Morgan fingerprint density at radius 2 is 1.72 bits per heavy atom. The van der Waals surface area contributed by atoms with Gasteiger partial charge in [-0.3, -0.25) is 9.59 Å². The Morgan fingerprint density at radius 1 is 1.08 bits per heavy atom. The molecular weight excluding hydrogens is 320 g/mol. The molecule has 0 bridgehead atoms. The number of hydrazone groups is 1. The van der Waals surface area contributed by atoms with Crippen molar-refractivity contribution in [2.45, 2.75) is 6.92 Å². The van der Waals surface area contributed by atoms with Crippen LogP contribution < -0.4 is 10.2 Å². The van der Waals surface area contributed by atoms with E-state index in [-0.39, 0.29) is 29.4 Å². The van der Waals surface area contributed by atoms with E-state index in [1.807, 2.05) is 6.07 Å². The van der Waals surface area contributed by atoms with Crippen LogP contribution in [0.2, 0.25) is 0 Å². The third-order valence-electron chi connectivity index (χ3n) is 3.71. The lowest BCUT2D eigenvalue weighted by Crippen LogP contribution is -2.26. The van der Waals surface area contributed by atoms with Crippen LogP contribution in [0.15, 0.2) is 65.3 Å². The van der Waals surface area contributed by atoms with Gasteiger partial charge in [0.15, 0.2) is 12.4 Å². The van der Waals surface area contributed by atoms with E-state index in [4.69, 9.17) is 4.74 Å². The summed E-state index contributed by atoms with van der Waals surface area (Å²) < 4.78 is 5.31. The summed E-state index contributed by atoms with van der Waals surface area (Å²) in [6.45, 7) is 1.34. The van der Waals surface area contributed by atoms with E-state index < -0.39 is 5.91 Å². The highest BCUT2D eigenvalue weighted by Crippen LogP contribution is 2.31. The number of carbonyl (C=O) groups excluding carboxylic acids is 2. The Labute approximate surface area is 144 Å². The Morgan fingerprint density at radius 3 is 2.40 bits per heavy atom. The minimum absolute atomic E-state index is 0.0884. The number of ether oxygens (including phenoxy) is 1. The van der Waals surface area contributed by atoms with Gasteiger partial charge in [0.1, 0.15) is 11.5 Å². The number of allylic oxidation sites excluding steroid dienone is 1. The molecule has 1 aliphatic carbocycles. The topological polar surface area (TPSA) is 88.0 Å². The standard InChI is InChI=1S/C19H16N2O4/c1-12(17-18(23)14-9-5-6-10-15(14)19(17)24)20-21-16(22)11-25-13-7-3-2-4-8-13/h2-10,23H,11H2,1H3,(H,21,22)/b20-12+. The SMILES string of the molecule is C/C(=N\NC(=O)COc1ccccc1)C1=C(O)c2ccccc2C1=O. The van der Waals surface area contributed by atoms with Gasteiger partial charge in [-0.15, -0.1) is 0 Å². The molecule has 1 amide bonds. The zero-order valence-electron chi connectivity index (χ0n) is 13.5. The van der Waals surface area contributed by atoms with Gasteiger partial charge in [0.2, 0.25) is 0 Å². The monoisotopic (exact) mass is 336 g/mol. The van der Waals surface area contributed by atoms with E-state index in [1.54, 1.807) is 55.5 Å². The maximum absolute atomic E-state index is 12.4. The number of amides is 1. The summed E-state index contributed by atoms with van der Waals surface area (Å²) in [4.78, 5) is 24.2. The van der Waals surface area contributed by atoms with Crippen molar-refractivity contribution in [2.75, 3.05) is 6.61 Å². The molecule has 6 nitrogen and oxygen atoms in total. The van der Waals surface area contributed by atoms with Gasteiger partial charge in [-0.25, -0.2) is 5.43 Å². The number of hydrogen-bond acceptors (Lipinski definition) is 5. The van der Waals surface area contributed by atoms with Gasteiger partial charge in [-0.1, -0.05) is 42.5 Å². The second-order valence-electron chi connectivity index (χ2n) is 5.43. The molecule has 0 fully saturated rings. The fourth-order valence-corrected chi connectivity index (χ4v) is 2.50. The summed E-state index contributed by atoms with van der Waals surface area (Å²) in [5.41, 5.74) is 3.53. The summed E-state index contributed by atoms with van der Waals surface area (Å²) in [5.74, 6) is -0.341. The lowest BCUT2D eigenvalue weighted by atomic mass is 10.1. The van der Waals surface area contributed by atoms with Crippen LogP contribution in [-0.4, -0.2) is 29.1 Å². The molecule has 25 heavy (non-hydrogen) atoms. The van der Waals surface area contributed by atoms with Crippen LogP contribution in [0.1, 0.15) is 22.8 Å². The highest BCUT2D eigenvalue weighted by Gasteiger charge is 2.31. The van der Waals surface area contributed by atoms with Crippen LogP contribution in [0.3, 0.4) is 0 Å². The summed E-state index contributed by atoms with van der Waals surface area (Å²) in [6.07, 6.45) is 0. The van der Waals surface area contributed by atoms with Crippen molar-refractivity contribution >= 4 is 23.2 Å². The molecule has 0 unspecified atom stereocenters. The quantitative estimate of drug-likeness (QED) is 0.649. The molecule has 0 aromatic heterocycles. The summed E-state index contributed by atoms with van der Waals surface area (Å²) >= 11 is 0. The van der Waals surface area contributed by atoms with E-state index in [0.717, 1.165) is 0 Å². The fourth-order valence-electron chi connectivity index (χ4n) is 2.50. The lowest BCUT2D eigenvalue weighted by Gasteiger charge is -2.06. The van der Waals surface area contributed by atoms with Crippen molar-refractivity contribution in [3.05, 3.63) is 71.3 Å². The van der Waals surface area contributed by atoms with Crippen molar-refractivity contribution in [2.24, 2.45) is 5.10 Å². The molecule has 0 atom stereocenters. The zero-order valence-corrected chi connectivity index (χ0v) is 13.5. The van der Waals surface area contributed by atoms with Crippen molar-refractivity contribution in [3.8, 4) is 5.75 Å². The van der Waals surface area contributed by atoms with Crippen LogP contribution in [-0.2, 0) is 4.79 Å². The van der Waals surface area contributed by atoms with Gasteiger partial charge >= 0.3 is 0 Å². The molecule has 2 aromatic rings. The number of nitrogens with zero attached hydrogens (tertiary/aromatic N) is 1. The summed E-state index contributed by atoms with van der Waals surface area (Å²) in [5, 5.41) is 14.1. The smallest absolute Gasteiger partial charge is 0.277 e. The van der Waals surface area contributed by atoms with Gasteiger partial charge in [-0.2, -0.15) is 5.10 Å². The third-order valence-corrected chi connectivity index (χ3v) is 3.71. The molecule has 2 aromatic carbocycles. The van der Waals surface area contributed by atoms with Crippen molar-refractivity contribution in [3.63, 3.8) is 0 Å². The lowest BCUT2D eigenvalue weighted by molar-refractivity contribution is -0.123. The molecule has 1 aliphatic rings. The molecule has 0 saturated carbocycles. The van der Waals surface area contributed by atoms with Gasteiger partial charge in [-0.05, 0) is 19.1 Å². The highest BCUT2D eigenvalue weighted by atomic mass is 16.5. The average Bonchev–Trinajstić information content (AvgIpc) is 2.90. The van der Waals surface area contributed by atoms with E-state index in [9.17, 15) is 14.7 Å². The number of Topliss-reactive ketones (excluding diaryl/α,β-unsaturated/α-hetero) is 1. The second-order valence-corrected chi connectivity index (χ2v) is 5.43. The third kappa shape index (κ3) is 3.42. The van der Waals surface area contributed by atoms with E-state index in [1.165, 1.54) is 0 Å². The molecular formula is C19H16N2O4. The highest BCUT2D eigenvalue weighted by molar-refractivity contribution is 6.35. The van der Waals surface area contributed by atoms with Gasteiger partial charge < -0.3 is 9.84 Å². The number of aliphatic hydroxyl groups excluding tert-OH is 1. The molecule has 0 saturated heterocycles. The number of nitrogens with one attached hydrogen (secondary N) is 1. The van der Waals surface area contributed by atoms with Crippen LogP contribution in [0, 0.1) is 0 Å². The maximum atomic E-state index is 12.4. The molecule has 3 rings (SSSR count). The van der Waals surface area contributed by atoms with Crippen LogP contribution >= 0.6 is 0 Å². The number of hydrogen-bond donors (Lipinski definition) is 2. The first-order chi connectivity index (χ1) is 12.1. The maximum Gasteiger partial charge on any atom is 0.277 e. The van der Waals surface area contributed by atoms with Gasteiger partial charge in [0, 0.05) is 11.1 Å². The van der Waals surface area contributed by atoms with Crippen molar-refractivity contribution in [1.82, 2.24) is 5.43 Å². The second kappa shape index (κ2) is 7.00. The Hall–Kier alpha value is -3.41. The number of para-hydroxylation sites is 1. The summed E-state index contributed by atoms with van der Waals surface area (Å²) in [6, 6.07) is 15.7. The number of rotatable bonds is 5. The average molecular weight is 336 g/mol. The minimum atomic E-state index is -0.466. The molecule has 0 spiro atoms. The Kier molecular flexibility index (Phi) is 4.61. The fraction of sp³-hybridized carbons (Fsp3) is 0.105. The van der Waals surface area contributed by atoms with Crippen LogP contribution in [0.5, 0.6) is 5.75 Å². The van der Waals surface area contributed by atoms with E-state index >= 15 is 0 Å². The van der Waals surface area contributed by atoms with Crippen molar-refractivity contribution in [1.29, 1.82) is 0 Å². The molecule has 2 N–H and O–H groups in total. The van der Waals surface area contributed by atoms with Crippen LogP contribution in [0.25, 0.3) is 5.76 Å². The number of aliphatic hydroxyl groups is 1. The van der Waals surface area contributed by atoms with E-state index in [0.29, 0.717) is 16.9 Å². The molecule has 0 aliphatic heterocycles. The molecule has 0 heterocycles. The van der Waals surface area contributed by atoms with Gasteiger partial charge in [0.25, 0.3) is 5.91 Å². The first-order valence-corrected chi connectivity index (χ1v) is 7.66. The number of fused-ring (bicyclic) bond motifs is 1. The van der Waals surface area contributed by atoms with Gasteiger partial charge in [0.05, 0.1) is 11.3 Å². The summed E-state index contributed by atoms with van der Waals surface area (Å²) in [7, 11) is 0. The Bertz CT molecular complexity index is 885. The largest absolute Gasteiger partial charge is 0.506 e. The number of carbonyl (C=O) groups is 2. The molecule has 6 heteroatoms. The van der Waals surface area contributed by atoms with Crippen LogP contribution in [0.4, 0.5) is 0 Å². The predicted octanol–water partition coefficient (Wildman–Crippen LogP) is 2.72. The van der Waals surface area contributed by atoms with E-state index in [2.05, 4.69) is 10.5 Å². The minimum Gasteiger partial charge on any atom is -0.506 e. The number of benzene rings is 2. The number of ketones is 1. The Balaban J connectivity index is 1.65.